The molecule has 0 bridgehead atoms. The lowest BCUT2D eigenvalue weighted by Gasteiger charge is -2.34. The molecule has 2 fully saturated rings. The summed E-state index contributed by atoms with van der Waals surface area (Å²) in [4.78, 5) is 27.0. The van der Waals surface area contributed by atoms with Crippen LogP contribution in [0.1, 0.15) is 25.5 Å². The van der Waals surface area contributed by atoms with E-state index in [1.165, 1.54) is 0 Å². The minimum atomic E-state index is -4.00. The van der Waals surface area contributed by atoms with Crippen LogP contribution in [0.15, 0.2) is 53.7 Å². The van der Waals surface area contributed by atoms with Gasteiger partial charge in [0, 0.05) is 36.6 Å². The van der Waals surface area contributed by atoms with E-state index in [4.69, 9.17) is 19.8 Å². The van der Waals surface area contributed by atoms with Gasteiger partial charge in [-0.05, 0) is 50.1 Å². The molecule has 2 amide bonds. The largest absolute Gasteiger partial charge is 0.395 e. The number of carbonyl (C=O) groups excluding carboxylic acids is 1. The summed E-state index contributed by atoms with van der Waals surface area (Å²) in [6, 6.07) is 9.09. The van der Waals surface area contributed by atoms with E-state index in [1.807, 2.05) is 6.92 Å². The third kappa shape index (κ3) is 5.42. The lowest BCUT2D eigenvalue weighted by molar-refractivity contribution is 0.0985. The number of nitrogens with one attached hydrogen (secondary N) is 2. The molecule has 2 aromatic heterocycles. The molecule has 13 heteroatoms. The number of aliphatic hydroxyl groups excluding tert-OH is 1. The Labute approximate surface area is 225 Å². The van der Waals surface area contributed by atoms with E-state index in [0.717, 1.165) is 18.5 Å². The molecule has 0 unspecified atom stereocenters. The van der Waals surface area contributed by atoms with E-state index in [-0.39, 0.29) is 24.1 Å². The first-order valence-electron chi connectivity index (χ1n) is 12.6. The Hall–Kier alpha value is -3.68. The number of aliphatic hydroxyl groups is 1. The molecule has 1 aliphatic carbocycles. The molecule has 11 nitrogen and oxygen atoms in total. The first kappa shape index (κ1) is 26.9. The molecule has 0 radical (unpaired) electrons. The highest BCUT2D eigenvalue weighted by Gasteiger charge is 2.58. The van der Waals surface area contributed by atoms with Crippen molar-refractivity contribution in [2.75, 3.05) is 43.1 Å². The van der Waals surface area contributed by atoms with Gasteiger partial charge in [0.15, 0.2) is 15.7 Å². The fourth-order valence-electron chi connectivity index (χ4n) is 4.60. The molecule has 1 saturated carbocycles. The number of hydrogen-bond acceptors (Lipinski definition) is 9. The Morgan fingerprint density at radius 1 is 1.21 bits per heavy atom. The van der Waals surface area contributed by atoms with Gasteiger partial charge in [0.25, 0.3) is 0 Å². The van der Waals surface area contributed by atoms with Crippen molar-refractivity contribution in [1.82, 2.24) is 20.3 Å². The minimum absolute atomic E-state index is 0.0116. The number of urea groups is 1. The number of hydrogen-bond donors (Lipinski definition) is 3. The van der Waals surface area contributed by atoms with E-state index in [0.29, 0.717) is 61.2 Å². The van der Waals surface area contributed by atoms with Gasteiger partial charge >= 0.3 is 6.03 Å². The van der Waals surface area contributed by atoms with E-state index >= 15 is 0 Å². The smallest absolute Gasteiger partial charge is 0.319 e. The molecule has 5 rings (SSSR count). The number of amides is 2. The van der Waals surface area contributed by atoms with Gasteiger partial charge < -0.3 is 25.4 Å². The van der Waals surface area contributed by atoms with Crippen LogP contribution in [0.25, 0.3) is 11.4 Å². The van der Waals surface area contributed by atoms with Gasteiger partial charge in [0.2, 0.25) is 0 Å². The lowest BCUT2D eigenvalue weighted by Crippen LogP contribution is -2.44. The van der Waals surface area contributed by atoms with Gasteiger partial charge in [-0.3, -0.25) is 4.98 Å². The zero-order chi connectivity index (χ0) is 27.6. The number of nitrogens with zero attached hydrogens (tertiary/aromatic N) is 4. The molecule has 3 aromatic rings. The van der Waals surface area contributed by atoms with Gasteiger partial charge in [-0.1, -0.05) is 0 Å². The van der Waals surface area contributed by atoms with Gasteiger partial charge in [0.1, 0.15) is 16.4 Å². The fraction of sp³-hybridized carbons (Fsp3) is 0.385. The van der Waals surface area contributed by atoms with Crippen LogP contribution < -0.4 is 15.5 Å². The summed E-state index contributed by atoms with van der Waals surface area (Å²) in [5, 5.41) is 14.0. The average Bonchev–Trinajstić information content (AvgIpc) is 3.75. The molecular weight excluding hydrogens is 527 g/mol. The third-order valence-corrected chi connectivity index (χ3v) is 9.34. The normalized spacial score (nSPS) is 18.4. The van der Waals surface area contributed by atoms with Gasteiger partial charge in [-0.15, -0.1) is 0 Å². The first-order valence-corrected chi connectivity index (χ1v) is 14.1. The lowest BCUT2D eigenvalue weighted by atomic mass is 10.1. The van der Waals surface area contributed by atoms with Gasteiger partial charge in [-0.25, -0.2) is 27.6 Å². The van der Waals surface area contributed by atoms with Crippen molar-refractivity contribution in [2.24, 2.45) is 0 Å². The number of sulfone groups is 1. The second-order valence-corrected chi connectivity index (χ2v) is 11.8. The number of rotatable bonds is 8. The zero-order valence-corrected chi connectivity index (χ0v) is 22.1. The highest BCUT2D eigenvalue weighted by Crippen LogP contribution is 2.55. The maximum absolute atomic E-state index is 13.9. The van der Waals surface area contributed by atoms with Crippen LogP contribution in [0.3, 0.4) is 0 Å². The van der Waals surface area contributed by atoms with Crippen molar-refractivity contribution in [1.29, 1.82) is 0 Å². The monoisotopic (exact) mass is 556 g/mol. The first-order chi connectivity index (χ1) is 18.7. The van der Waals surface area contributed by atoms with E-state index < -0.39 is 26.4 Å². The van der Waals surface area contributed by atoms with Crippen molar-refractivity contribution in [3.63, 3.8) is 0 Å². The highest BCUT2D eigenvalue weighted by molar-refractivity contribution is 7.92. The van der Waals surface area contributed by atoms with Gasteiger partial charge in [0.05, 0.1) is 42.6 Å². The predicted octanol–water partition coefficient (Wildman–Crippen LogP) is 2.48. The summed E-state index contributed by atoms with van der Waals surface area (Å²) in [5.74, 6) is 0.184. The number of halogens is 1. The summed E-state index contributed by atoms with van der Waals surface area (Å²) in [6.45, 7) is 3.56. The van der Waals surface area contributed by atoms with Crippen molar-refractivity contribution in [3.8, 4) is 11.4 Å². The molecule has 2 aliphatic rings. The standard InChI is InChI=1S/C26H29FN6O5S/c1-17-16-38-11-9-33(17)23-13-22(26(6-7-26)39(36,37)21-12-19(27)14-28-15-21)31-24(32-23)18-2-4-20(5-3-18)30-25(35)29-8-10-34/h2-5,12-15,17,34H,6-11,16H2,1H3,(H2,29,30,35)/t17-/m0/s1. The highest BCUT2D eigenvalue weighted by atomic mass is 32.2. The summed E-state index contributed by atoms with van der Waals surface area (Å²) in [6.07, 6.45) is 2.81. The van der Waals surface area contributed by atoms with Crippen LogP contribution in [0, 0.1) is 5.82 Å². The van der Waals surface area contributed by atoms with E-state index in [2.05, 4.69) is 20.5 Å². The number of carbonyl (C=O) groups is 1. The van der Waals surface area contributed by atoms with E-state index in [9.17, 15) is 17.6 Å². The third-order valence-electron chi connectivity index (χ3n) is 6.85. The SMILES string of the molecule is C[C@H]1COCCN1c1cc(C2(S(=O)(=O)c3cncc(F)c3)CC2)nc(-c2ccc(NC(=O)NCCO)cc2)n1. The number of morpholine rings is 1. The Morgan fingerprint density at radius 2 is 1.97 bits per heavy atom. The van der Waals surface area contributed by atoms with Crippen LogP contribution in [0.2, 0.25) is 0 Å². The van der Waals surface area contributed by atoms with Crippen LogP contribution >= 0.6 is 0 Å². The Morgan fingerprint density at radius 3 is 2.64 bits per heavy atom. The summed E-state index contributed by atoms with van der Waals surface area (Å²) in [7, 11) is -4.00. The number of anilines is 2. The molecule has 0 spiro atoms. The Balaban J connectivity index is 1.54. The number of ether oxygens (including phenoxy) is 1. The topological polar surface area (TPSA) is 147 Å². The van der Waals surface area contributed by atoms with Crippen LogP contribution in [0.5, 0.6) is 0 Å². The van der Waals surface area contributed by atoms with Crippen molar-refractivity contribution in [2.45, 2.75) is 35.4 Å². The maximum Gasteiger partial charge on any atom is 0.319 e. The summed E-state index contributed by atoms with van der Waals surface area (Å²) < 4.78 is 45.6. The number of pyridine rings is 1. The molecule has 206 valence electrons. The zero-order valence-electron chi connectivity index (χ0n) is 21.3. The summed E-state index contributed by atoms with van der Waals surface area (Å²) in [5.41, 5.74) is 1.49. The molecule has 1 atom stereocenters. The fourth-order valence-corrected chi connectivity index (χ4v) is 6.54. The van der Waals surface area contributed by atoms with Crippen LogP contribution in [0.4, 0.5) is 20.7 Å². The maximum atomic E-state index is 13.9. The van der Waals surface area contributed by atoms with Crippen LogP contribution in [-0.4, -0.2) is 73.5 Å². The number of aromatic nitrogens is 3. The summed E-state index contributed by atoms with van der Waals surface area (Å²) >= 11 is 0. The molecule has 3 N–H and O–H groups in total. The molecular formula is C26H29FN6O5S. The van der Waals surface area contributed by atoms with E-state index in [1.54, 1.807) is 30.3 Å². The minimum Gasteiger partial charge on any atom is -0.395 e. The molecule has 1 saturated heterocycles. The Bertz CT molecular complexity index is 1470. The second-order valence-electron chi connectivity index (χ2n) is 9.57. The predicted molar refractivity (Wildman–Crippen MR) is 141 cm³/mol. The molecule has 3 heterocycles. The Kier molecular flexibility index (Phi) is 7.47. The van der Waals surface area contributed by atoms with Crippen LogP contribution in [-0.2, 0) is 19.3 Å². The number of benzene rings is 1. The van der Waals surface area contributed by atoms with Crippen molar-refractivity contribution in [3.05, 3.63) is 60.3 Å². The molecule has 1 aliphatic heterocycles. The van der Waals surface area contributed by atoms with Gasteiger partial charge in [-0.2, -0.15) is 0 Å². The van der Waals surface area contributed by atoms with Crippen molar-refractivity contribution >= 4 is 27.4 Å². The molecule has 1 aromatic carbocycles. The second kappa shape index (κ2) is 10.8. The van der Waals surface area contributed by atoms with Crippen molar-refractivity contribution < 1.29 is 27.4 Å². The average molecular weight is 557 g/mol. The molecule has 39 heavy (non-hydrogen) atoms. The quantitative estimate of drug-likeness (QED) is 0.381.